The molecule has 0 aromatic heterocycles. The zero-order valence-corrected chi connectivity index (χ0v) is 21.8. The van der Waals surface area contributed by atoms with E-state index in [-0.39, 0.29) is 30.3 Å². The molecule has 0 radical (unpaired) electrons. The first-order chi connectivity index (χ1) is 14.5. The van der Waals surface area contributed by atoms with E-state index in [2.05, 4.69) is 26.1 Å². The van der Waals surface area contributed by atoms with Crippen LogP contribution in [0.2, 0.25) is 0 Å². The summed E-state index contributed by atoms with van der Waals surface area (Å²) in [6.07, 6.45) is 0. The molecule has 2 amide bonds. The van der Waals surface area contributed by atoms with Gasteiger partial charge in [-0.2, -0.15) is 4.31 Å². The fraction of sp³-hybridized carbons (Fsp3) is 0.667. The average Bonchev–Trinajstić information content (AvgIpc) is 2.65. The van der Waals surface area contributed by atoms with Crippen LogP contribution in [0.4, 0.5) is 0 Å². The van der Waals surface area contributed by atoms with Crippen molar-refractivity contribution in [3.63, 3.8) is 0 Å². The minimum absolute atomic E-state index is 0.0666. The van der Waals surface area contributed by atoms with E-state index in [9.17, 15) is 18.0 Å². The van der Waals surface area contributed by atoms with E-state index in [4.69, 9.17) is 0 Å². The number of nitrogens with one attached hydrogen (secondary N) is 1. The first kappa shape index (κ1) is 26.3. The number of amides is 2. The lowest BCUT2D eigenvalue weighted by molar-refractivity contribution is -0.139. The molecule has 1 aliphatic heterocycles. The second-order valence-electron chi connectivity index (χ2n) is 10.9. The molecule has 0 bridgehead atoms. The number of hydrogen-bond acceptors (Lipinski definition) is 4. The van der Waals surface area contributed by atoms with Crippen LogP contribution in [0.15, 0.2) is 17.0 Å². The van der Waals surface area contributed by atoms with Crippen LogP contribution < -0.4 is 5.32 Å². The summed E-state index contributed by atoms with van der Waals surface area (Å²) < 4.78 is 28.3. The second kappa shape index (κ2) is 9.14. The van der Waals surface area contributed by atoms with Gasteiger partial charge in [0, 0.05) is 31.6 Å². The van der Waals surface area contributed by atoms with Crippen molar-refractivity contribution in [2.75, 3.05) is 26.2 Å². The summed E-state index contributed by atoms with van der Waals surface area (Å²) in [5.41, 5.74) is 1.94. The molecule has 1 N–H and O–H groups in total. The first-order valence-corrected chi connectivity index (χ1v) is 12.6. The van der Waals surface area contributed by atoms with Crippen molar-refractivity contribution in [3.05, 3.63) is 28.8 Å². The van der Waals surface area contributed by atoms with E-state index in [0.29, 0.717) is 18.0 Å². The molecule has 1 saturated heterocycles. The lowest BCUT2D eigenvalue weighted by Gasteiger charge is -2.36. The third kappa shape index (κ3) is 5.70. The monoisotopic (exact) mass is 465 g/mol. The largest absolute Gasteiger partial charge is 0.344 e. The molecule has 7 nitrogen and oxygen atoms in total. The normalized spacial score (nSPS) is 17.2. The van der Waals surface area contributed by atoms with Gasteiger partial charge in [0.05, 0.1) is 4.90 Å². The minimum Gasteiger partial charge on any atom is -0.344 e. The van der Waals surface area contributed by atoms with Crippen LogP contribution in [0.1, 0.15) is 65.2 Å². The van der Waals surface area contributed by atoms with Crippen molar-refractivity contribution in [2.45, 2.75) is 78.7 Å². The molecule has 0 spiro atoms. The molecule has 1 heterocycles. The van der Waals surface area contributed by atoms with Crippen LogP contribution in [0.5, 0.6) is 0 Å². The van der Waals surface area contributed by atoms with Gasteiger partial charge in [-0.3, -0.25) is 9.59 Å². The zero-order valence-electron chi connectivity index (χ0n) is 21.0. The highest BCUT2D eigenvalue weighted by Gasteiger charge is 2.34. The van der Waals surface area contributed by atoms with Crippen LogP contribution in [0.3, 0.4) is 0 Å². The van der Waals surface area contributed by atoms with Crippen LogP contribution in [0.25, 0.3) is 0 Å². The Hall–Kier alpha value is -1.93. The van der Waals surface area contributed by atoms with Gasteiger partial charge in [-0.25, -0.2) is 8.42 Å². The molecule has 1 aliphatic rings. The number of rotatable bonds is 4. The van der Waals surface area contributed by atoms with Gasteiger partial charge in [0.15, 0.2) is 0 Å². The summed E-state index contributed by atoms with van der Waals surface area (Å²) in [4.78, 5) is 26.9. The number of sulfonamides is 1. The molecule has 180 valence electrons. The Morgan fingerprint density at radius 1 is 0.938 bits per heavy atom. The molecule has 32 heavy (non-hydrogen) atoms. The lowest BCUT2D eigenvalue weighted by atomic mass is 9.85. The number of aryl methyl sites for hydroxylation is 2. The van der Waals surface area contributed by atoms with E-state index < -0.39 is 21.5 Å². The topological polar surface area (TPSA) is 86.8 Å². The predicted molar refractivity (Wildman–Crippen MR) is 127 cm³/mol. The molecule has 0 aliphatic carbocycles. The van der Waals surface area contributed by atoms with Gasteiger partial charge in [0.2, 0.25) is 21.8 Å². The van der Waals surface area contributed by atoms with Crippen LogP contribution in [-0.2, 0) is 25.0 Å². The Kier molecular flexibility index (Phi) is 7.52. The van der Waals surface area contributed by atoms with Gasteiger partial charge < -0.3 is 10.2 Å². The summed E-state index contributed by atoms with van der Waals surface area (Å²) in [7, 11) is -3.67. The number of nitrogens with zero attached hydrogens (tertiary/aromatic N) is 2. The molecule has 0 unspecified atom stereocenters. The molecular weight excluding hydrogens is 426 g/mol. The fourth-order valence-electron chi connectivity index (χ4n) is 3.82. The molecule has 1 aromatic carbocycles. The van der Waals surface area contributed by atoms with E-state index in [0.717, 1.165) is 16.7 Å². The maximum absolute atomic E-state index is 13.4. The average molecular weight is 466 g/mol. The number of piperazine rings is 1. The number of hydrogen-bond donors (Lipinski definition) is 1. The van der Waals surface area contributed by atoms with Crippen molar-refractivity contribution in [2.24, 2.45) is 5.41 Å². The van der Waals surface area contributed by atoms with Gasteiger partial charge in [0.25, 0.3) is 0 Å². The van der Waals surface area contributed by atoms with Gasteiger partial charge in [0.1, 0.15) is 6.04 Å². The standard InChI is InChI=1S/C24H39N3O4S/c1-16-14-19(23(4,5)6)15-17(2)20(16)32(30,31)27-12-10-26(11-13-27)21(28)18(3)25-22(29)24(7,8)9/h14-15,18H,10-13H2,1-9H3,(H,25,29)/t18-/m0/s1. The van der Waals surface area contributed by atoms with Gasteiger partial charge in [-0.1, -0.05) is 53.7 Å². The Labute approximate surface area is 193 Å². The molecule has 2 rings (SSSR count). The molecule has 1 fully saturated rings. The van der Waals surface area contributed by atoms with E-state index >= 15 is 0 Å². The SMILES string of the molecule is Cc1cc(C(C)(C)C)cc(C)c1S(=O)(=O)N1CCN(C(=O)[C@H](C)NC(=O)C(C)(C)C)CC1. The summed E-state index contributed by atoms with van der Waals surface area (Å²) in [5, 5.41) is 2.75. The first-order valence-electron chi connectivity index (χ1n) is 11.2. The van der Waals surface area contributed by atoms with Crippen molar-refractivity contribution >= 4 is 21.8 Å². The highest BCUT2D eigenvalue weighted by Crippen LogP contribution is 2.31. The maximum atomic E-state index is 13.4. The Morgan fingerprint density at radius 2 is 1.41 bits per heavy atom. The van der Waals surface area contributed by atoms with Crippen molar-refractivity contribution in [1.82, 2.24) is 14.5 Å². The molecule has 0 saturated carbocycles. The van der Waals surface area contributed by atoms with Gasteiger partial charge >= 0.3 is 0 Å². The number of carbonyl (C=O) groups is 2. The van der Waals surface area contributed by atoms with E-state index in [1.54, 1.807) is 32.6 Å². The van der Waals surface area contributed by atoms with Crippen molar-refractivity contribution in [3.8, 4) is 0 Å². The zero-order chi connectivity index (χ0) is 24.6. The van der Waals surface area contributed by atoms with Crippen molar-refractivity contribution < 1.29 is 18.0 Å². The Bertz CT molecular complexity index is 956. The third-order valence-corrected chi connectivity index (χ3v) is 8.08. The quantitative estimate of drug-likeness (QED) is 0.741. The highest BCUT2D eigenvalue weighted by molar-refractivity contribution is 7.89. The molecule has 1 atom stereocenters. The van der Waals surface area contributed by atoms with Crippen molar-refractivity contribution in [1.29, 1.82) is 0 Å². The highest BCUT2D eigenvalue weighted by atomic mass is 32.2. The number of carbonyl (C=O) groups excluding carboxylic acids is 2. The van der Waals surface area contributed by atoms with Gasteiger partial charge in [-0.15, -0.1) is 0 Å². The van der Waals surface area contributed by atoms with Crippen LogP contribution in [-0.4, -0.2) is 61.7 Å². The summed E-state index contributed by atoms with van der Waals surface area (Å²) >= 11 is 0. The summed E-state index contributed by atoms with van der Waals surface area (Å²) in [5.74, 6) is -0.384. The lowest BCUT2D eigenvalue weighted by Crippen LogP contribution is -2.56. The van der Waals surface area contributed by atoms with Gasteiger partial charge in [-0.05, 0) is 42.9 Å². The Morgan fingerprint density at radius 3 is 1.81 bits per heavy atom. The van der Waals surface area contributed by atoms with E-state index in [1.165, 1.54) is 4.31 Å². The smallest absolute Gasteiger partial charge is 0.244 e. The predicted octanol–water partition coefficient (Wildman–Crippen LogP) is 2.98. The molecule has 1 aromatic rings. The van der Waals surface area contributed by atoms with E-state index in [1.807, 2.05) is 26.0 Å². The van der Waals surface area contributed by atoms with Crippen LogP contribution in [0, 0.1) is 19.3 Å². The molecule has 8 heteroatoms. The Balaban J connectivity index is 2.13. The molecular formula is C24H39N3O4S. The third-order valence-electron chi connectivity index (χ3n) is 5.87. The summed E-state index contributed by atoms with van der Waals surface area (Å²) in [6, 6.07) is 3.26. The van der Waals surface area contributed by atoms with Crippen LogP contribution >= 0.6 is 0 Å². The maximum Gasteiger partial charge on any atom is 0.244 e. The fourth-order valence-corrected chi connectivity index (χ4v) is 5.65. The second-order valence-corrected chi connectivity index (χ2v) is 12.7. The summed E-state index contributed by atoms with van der Waals surface area (Å²) in [6.45, 7) is 18.1. The number of benzene rings is 1. The minimum atomic E-state index is -3.67.